The second-order valence-corrected chi connectivity index (χ2v) is 13.8. The first-order valence-corrected chi connectivity index (χ1v) is 15.3. The van der Waals surface area contributed by atoms with Crippen molar-refractivity contribution in [2.75, 3.05) is 40.5 Å². The standard InChI is InChI=1S/C21H39NO5Si2/c1-7-23-29(24-8-2,25-9-3)16-13-19-11-12-21-20(17-19)18-26-28(6,27-21)15-10-14-22(4)5/h11-12,17H,7-10,13-16,18H2,1-6H3. The molecular weight excluding hydrogens is 402 g/mol. The largest absolute Gasteiger partial charge is 0.520 e. The number of nitrogens with zero attached hydrogens (tertiary/aromatic N) is 1. The van der Waals surface area contributed by atoms with Gasteiger partial charge in [0.15, 0.2) is 0 Å². The van der Waals surface area contributed by atoms with Crippen molar-refractivity contribution in [2.45, 2.75) is 58.9 Å². The summed E-state index contributed by atoms with van der Waals surface area (Å²) >= 11 is 0. The zero-order valence-electron chi connectivity index (χ0n) is 19.1. The Kier molecular flexibility index (Phi) is 9.80. The van der Waals surface area contributed by atoms with Crippen LogP contribution in [0.1, 0.15) is 38.3 Å². The highest BCUT2D eigenvalue weighted by Gasteiger charge is 2.40. The van der Waals surface area contributed by atoms with Crippen LogP contribution >= 0.6 is 0 Å². The lowest BCUT2D eigenvalue weighted by atomic mass is 10.1. The Morgan fingerprint density at radius 1 is 1.07 bits per heavy atom. The molecule has 0 saturated carbocycles. The van der Waals surface area contributed by atoms with E-state index in [4.69, 9.17) is 22.1 Å². The van der Waals surface area contributed by atoms with Crippen LogP contribution in [0, 0.1) is 0 Å². The van der Waals surface area contributed by atoms with Crippen LogP contribution in [0.15, 0.2) is 18.2 Å². The van der Waals surface area contributed by atoms with E-state index in [0.717, 1.165) is 42.8 Å². The third-order valence-corrected chi connectivity index (χ3v) is 10.7. The maximum absolute atomic E-state index is 6.35. The van der Waals surface area contributed by atoms with Gasteiger partial charge in [-0.1, -0.05) is 6.07 Å². The van der Waals surface area contributed by atoms with E-state index in [2.05, 4.69) is 43.7 Å². The fourth-order valence-electron chi connectivity index (χ4n) is 3.63. The second-order valence-electron chi connectivity index (χ2n) is 7.86. The van der Waals surface area contributed by atoms with Crippen LogP contribution in [0.25, 0.3) is 0 Å². The number of benzene rings is 1. The molecule has 0 spiro atoms. The minimum absolute atomic E-state index is 0.606. The van der Waals surface area contributed by atoms with Crippen LogP contribution in [0.4, 0.5) is 0 Å². The summed E-state index contributed by atoms with van der Waals surface area (Å²) in [7, 11) is -0.552. The quantitative estimate of drug-likeness (QED) is 0.427. The van der Waals surface area contributed by atoms with E-state index in [-0.39, 0.29) is 0 Å². The third-order valence-electron chi connectivity index (χ3n) is 5.03. The topological polar surface area (TPSA) is 49.4 Å². The van der Waals surface area contributed by atoms with Gasteiger partial charge in [0.25, 0.3) is 0 Å². The van der Waals surface area contributed by atoms with Gasteiger partial charge in [0.2, 0.25) is 0 Å². The van der Waals surface area contributed by atoms with Crippen LogP contribution < -0.4 is 4.43 Å². The van der Waals surface area contributed by atoms with E-state index in [1.165, 1.54) is 5.56 Å². The van der Waals surface area contributed by atoms with Crippen molar-refractivity contribution < 1.29 is 22.1 Å². The summed E-state index contributed by atoms with van der Waals surface area (Å²) in [5.41, 5.74) is 2.38. The number of fused-ring (bicyclic) bond motifs is 1. The molecule has 1 aliphatic rings. The van der Waals surface area contributed by atoms with Crippen molar-refractivity contribution in [2.24, 2.45) is 0 Å². The molecule has 0 aromatic heterocycles. The number of aryl methyl sites for hydroxylation is 1. The molecule has 0 bridgehead atoms. The van der Waals surface area contributed by atoms with Gasteiger partial charge in [-0.2, -0.15) is 0 Å². The molecule has 8 heteroatoms. The van der Waals surface area contributed by atoms with Crippen molar-refractivity contribution in [1.82, 2.24) is 4.90 Å². The molecular formula is C21H39NO5Si2. The van der Waals surface area contributed by atoms with Gasteiger partial charge >= 0.3 is 17.4 Å². The van der Waals surface area contributed by atoms with Gasteiger partial charge in [-0.15, -0.1) is 0 Å². The molecule has 1 atom stereocenters. The summed E-state index contributed by atoms with van der Waals surface area (Å²) < 4.78 is 30.5. The van der Waals surface area contributed by atoms with Crippen molar-refractivity contribution in [1.29, 1.82) is 0 Å². The molecule has 1 unspecified atom stereocenters. The van der Waals surface area contributed by atoms with Crippen molar-refractivity contribution in [3.05, 3.63) is 29.3 Å². The van der Waals surface area contributed by atoms with Crippen LogP contribution in [0.2, 0.25) is 18.6 Å². The summed E-state index contributed by atoms with van der Waals surface area (Å²) in [5, 5.41) is 0. The average molecular weight is 442 g/mol. The Hall–Kier alpha value is -0.746. The van der Waals surface area contributed by atoms with Gasteiger partial charge in [0.1, 0.15) is 5.75 Å². The Labute approximate surface area is 179 Å². The smallest absolute Gasteiger partial charge is 0.501 e. The minimum atomic E-state index is -2.62. The summed E-state index contributed by atoms with van der Waals surface area (Å²) in [6.07, 6.45) is 1.96. The van der Waals surface area contributed by atoms with Crippen molar-refractivity contribution >= 4 is 17.4 Å². The fraction of sp³-hybridized carbons (Fsp3) is 0.714. The van der Waals surface area contributed by atoms with Crippen LogP contribution in [0.5, 0.6) is 5.75 Å². The maximum atomic E-state index is 6.35. The highest BCUT2D eigenvalue weighted by atomic mass is 28.4. The molecule has 0 amide bonds. The number of hydrogen-bond donors (Lipinski definition) is 0. The highest BCUT2D eigenvalue weighted by Crippen LogP contribution is 2.33. The molecule has 0 radical (unpaired) electrons. The monoisotopic (exact) mass is 441 g/mol. The molecule has 1 aromatic rings. The van der Waals surface area contributed by atoms with E-state index in [0.29, 0.717) is 26.4 Å². The summed E-state index contributed by atoms with van der Waals surface area (Å²) in [6, 6.07) is 8.25. The lowest BCUT2D eigenvalue weighted by molar-refractivity contribution is 0.0714. The van der Waals surface area contributed by atoms with E-state index >= 15 is 0 Å². The first-order valence-electron chi connectivity index (χ1n) is 10.9. The minimum Gasteiger partial charge on any atom is -0.520 e. The molecule has 0 N–H and O–H groups in total. The SMILES string of the molecule is CCO[Si](CCc1ccc2c(c1)CO[Si](C)(CCCN(C)C)O2)(OCC)OCC. The molecule has 2 rings (SSSR count). The van der Waals surface area contributed by atoms with Gasteiger partial charge < -0.3 is 27.0 Å². The van der Waals surface area contributed by atoms with E-state index in [1.807, 2.05) is 20.8 Å². The lowest BCUT2D eigenvalue weighted by Crippen LogP contribution is -2.46. The van der Waals surface area contributed by atoms with E-state index in [9.17, 15) is 0 Å². The molecule has 0 fully saturated rings. The fourth-order valence-corrected chi connectivity index (χ4v) is 8.46. The first-order chi connectivity index (χ1) is 13.9. The first kappa shape index (κ1) is 24.5. The Morgan fingerprint density at radius 3 is 2.31 bits per heavy atom. The van der Waals surface area contributed by atoms with Gasteiger partial charge in [-0.25, -0.2) is 0 Å². The molecule has 1 heterocycles. The third kappa shape index (κ3) is 7.46. The predicted molar refractivity (Wildman–Crippen MR) is 121 cm³/mol. The molecule has 6 nitrogen and oxygen atoms in total. The van der Waals surface area contributed by atoms with Gasteiger partial charge in [-0.05, 0) is 78.5 Å². The highest BCUT2D eigenvalue weighted by molar-refractivity contribution is 6.67. The van der Waals surface area contributed by atoms with Gasteiger partial charge in [0.05, 0.1) is 6.61 Å². The summed E-state index contributed by atoms with van der Waals surface area (Å²) in [6.45, 7) is 11.7. The van der Waals surface area contributed by atoms with Gasteiger partial charge in [0, 0.05) is 37.5 Å². The van der Waals surface area contributed by atoms with E-state index in [1.54, 1.807) is 0 Å². The molecule has 166 valence electrons. The van der Waals surface area contributed by atoms with Gasteiger partial charge in [-0.3, -0.25) is 0 Å². The molecule has 1 aliphatic heterocycles. The van der Waals surface area contributed by atoms with Crippen LogP contribution in [-0.4, -0.2) is 62.7 Å². The van der Waals surface area contributed by atoms with Crippen molar-refractivity contribution in [3.63, 3.8) is 0 Å². The number of hydrogen-bond acceptors (Lipinski definition) is 6. The number of rotatable bonds is 13. The molecule has 29 heavy (non-hydrogen) atoms. The summed E-state index contributed by atoms with van der Waals surface area (Å²) in [4.78, 5) is 2.21. The zero-order chi connectivity index (χ0) is 21.3. The molecule has 0 aliphatic carbocycles. The molecule has 1 aromatic carbocycles. The normalized spacial score (nSPS) is 19.3. The van der Waals surface area contributed by atoms with Crippen LogP contribution in [0.3, 0.4) is 0 Å². The van der Waals surface area contributed by atoms with Crippen LogP contribution in [-0.2, 0) is 30.7 Å². The zero-order valence-corrected chi connectivity index (χ0v) is 21.1. The molecule has 0 saturated heterocycles. The summed E-state index contributed by atoms with van der Waals surface area (Å²) in [5.74, 6) is 0.988. The maximum Gasteiger partial charge on any atom is 0.501 e. The predicted octanol–water partition coefficient (Wildman–Crippen LogP) is 4.21. The Morgan fingerprint density at radius 2 is 1.72 bits per heavy atom. The lowest BCUT2D eigenvalue weighted by Gasteiger charge is -2.34. The average Bonchev–Trinajstić information content (AvgIpc) is 2.66. The Bertz CT molecular complexity index is 614. The van der Waals surface area contributed by atoms with Crippen molar-refractivity contribution in [3.8, 4) is 5.75 Å². The van der Waals surface area contributed by atoms with E-state index < -0.39 is 17.4 Å². The second kappa shape index (κ2) is 11.6. The Balaban J connectivity index is 2.00.